The van der Waals surface area contributed by atoms with Crippen LogP contribution in [0.15, 0.2) is 12.1 Å². The first-order chi connectivity index (χ1) is 10.9. The molecule has 0 heterocycles. The van der Waals surface area contributed by atoms with E-state index in [4.69, 9.17) is 26.2 Å². The summed E-state index contributed by atoms with van der Waals surface area (Å²) in [6.07, 6.45) is 1.09. The van der Waals surface area contributed by atoms with Gasteiger partial charge >= 0.3 is 5.97 Å². The van der Waals surface area contributed by atoms with Crippen molar-refractivity contribution in [2.75, 3.05) is 13.2 Å². The lowest BCUT2D eigenvalue weighted by atomic mass is 10.1. The monoisotopic (exact) mass is 343 g/mol. The predicted molar refractivity (Wildman–Crippen MR) is 87.6 cm³/mol. The standard InChI is InChI=1S/C16H22ClNO5/c1-4-7-23-14-11(17)8-10(9-13(14)22-6-3)15(19)18-12(5-2)16(20)21/h8-9,12H,4-7H2,1-3H3,(H,18,19)(H,20,21). The van der Waals surface area contributed by atoms with Crippen molar-refractivity contribution in [1.29, 1.82) is 0 Å². The maximum atomic E-state index is 12.2. The van der Waals surface area contributed by atoms with E-state index in [1.165, 1.54) is 12.1 Å². The minimum absolute atomic E-state index is 0.224. The van der Waals surface area contributed by atoms with Gasteiger partial charge in [-0.15, -0.1) is 0 Å². The lowest BCUT2D eigenvalue weighted by Gasteiger charge is -2.16. The average molecular weight is 344 g/mol. The van der Waals surface area contributed by atoms with Crippen molar-refractivity contribution < 1.29 is 24.2 Å². The second-order valence-electron chi connectivity index (χ2n) is 4.84. The Hall–Kier alpha value is -1.95. The Morgan fingerprint density at radius 3 is 2.48 bits per heavy atom. The quantitative estimate of drug-likeness (QED) is 0.719. The summed E-state index contributed by atoms with van der Waals surface area (Å²) in [5, 5.41) is 11.7. The van der Waals surface area contributed by atoms with Crippen LogP contribution in [0.25, 0.3) is 0 Å². The van der Waals surface area contributed by atoms with E-state index in [9.17, 15) is 9.59 Å². The van der Waals surface area contributed by atoms with Crippen LogP contribution in [0, 0.1) is 0 Å². The van der Waals surface area contributed by atoms with Gasteiger partial charge in [0.25, 0.3) is 5.91 Å². The van der Waals surface area contributed by atoms with Crippen LogP contribution in [0.1, 0.15) is 44.0 Å². The highest BCUT2D eigenvalue weighted by Gasteiger charge is 2.21. The molecule has 7 heteroatoms. The van der Waals surface area contributed by atoms with E-state index < -0.39 is 17.9 Å². The Labute approximate surface area is 140 Å². The van der Waals surface area contributed by atoms with E-state index in [2.05, 4.69) is 5.32 Å². The van der Waals surface area contributed by atoms with Crippen LogP contribution in [0.3, 0.4) is 0 Å². The Morgan fingerprint density at radius 2 is 1.96 bits per heavy atom. The van der Waals surface area contributed by atoms with Crippen molar-refractivity contribution in [2.45, 2.75) is 39.7 Å². The van der Waals surface area contributed by atoms with Crippen molar-refractivity contribution in [2.24, 2.45) is 0 Å². The Kier molecular flexibility index (Phi) is 7.68. The molecule has 128 valence electrons. The molecule has 0 aliphatic rings. The van der Waals surface area contributed by atoms with Crippen LogP contribution in [0.2, 0.25) is 5.02 Å². The molecule has 0 radical (unpaired) electrons. The average Bonchev–Trinajstić information content (AvgIpc) is 2.51. The molecule has 1 amide bonds. The van der Waals surface area contributed by atoms with E-state index >= 15 is 0 Å². The molecule has 1 aromatic rings. The number of ether oxygens (including phenoxy) is 2. The highest BCUT2D eigenvalue weighted by atomic mass is 35.5. The minimum Gasteiger partial charge on any atom is -0.490 e. The van der Waals surface area contributed by atoms with Gasteiger partial charge in [-0.25, -0.2) is 4.79 Å². The molecule has 1 unspecified atom stereocenters. The first-order valence-corrected chi connectivity index (χ1v) is 7.95. The van der Waals surface area contributed by atoms with E-state index in [1.54, 1.807) is 6.92 Å². The summed E-state index contributed by atoms with van der Waals surface area (Å²) in [7, 11) is 0. The number of aliphatic carboxylic acids is 1. The number of carboxylic acid groups (broad SMARTS) is 1. The highest BCUT2D eigenvalue weighted by molar-refractivity contribution is 6.32. The number of carbonyl (C=O) groups excluding carboxylic acids is 1. The fourth-order valence-corrected chi connectivity index (χ4v) is 2.15. The number of amides is 1. The number of rotatable bonds is 9. The van der Waals surface area contributed by atoms with Gasteiger partial charge in [-0.1, -0.05) is 25.4 Å². The summed E-state index contributed by atoms with van der Waals surface area (Å²) >= 11 is 6.18. The number of nitrogens with one attached hydrogen (secondary N) is 1. The van der Waals surface area contributed by atoms with Gasteiger partial charge in [0.05, 0.1) is 18.2 Å². The molecule has 0 fully saturated rings. The lowest BCUT2D eigenvalue weighted by Crippen LogP contribution is -2.40. The van der Waals surface area contributed by atoms with Crippen molar-refractivity contribution in [1.82, 2.24) is 5.32 Å². The molecule has 0 aromatic heterocycles. The van der Waals surface area contributed by atoms with Gasteiger partial charge in [0.1, 0.15) is 6.04 Å². The number of hydrogen-bond acceptors (Lipinski definition) is 4. The molecule has 1 rings (SSSR count). The zero-order valence-corrected chi connectivity index (χ0v) is 14.3. The number of halogens is 1. The fraction of sp³-hybridized carbons (Fsp3) is 0.500. The third-order valence-corrected chi connectivity index (χ3v) is 3.31. The van der Waals surface area contributed by atoms with Gasteiger partial charge in [-0.2, -0.15) is 0 Å². The van der Waals surface area contributed by atoms with Gasteiger partial charge < -0.3 is 19.9 Å². The summed E-state index contributed by atoms with van der Waals surface area (Å²) < 4.78 is 11.0. The van der Waals surface area contributed by atoms with Crippen LogP contribution < -0.4 is 14.8 Å². The van der Waals surface area contributed by atoms with Gasteiger partial charge in [0.2, 0.25) is 0 Å². The molecule has 2 N–H and O–H groups in total. The Morgan fingerprint density at radius 1 is 1.26 bits per heavy atom. The SMILES string of the molecule is CCCOc1c(Cl)cc(C(=O)NC(CC)C(=O)O)cc1OCC. The molecule has 0 saturated carbocycles. The zero-order valence-electron chi connectivity index (χ0n) is 13.5. The molecule has 0 spiro atoms. The van der Waals surface area contributed by atoms with Crippen molar-refractivity contribution >= 4 is 23.5 Å². The summed E-state index contributed by atoms with van der Waals surface area (Å²) in [4.78, 5) is 23.2. The fourth-order valence-electron chi connectivity index (χ4n) is 1.89. The van der Waals surface area contributed by atoms with Crippen molar-refractivity contribution in [3.63, 3.8) is 0 Å². The molecule has 0 aliphatic heterocycles. The van der Waals surface area contributed by atoms with Crippen molar-refractivity contribution in [3.8, 4) is 11.5 Å². The van der Waals surface area contributed by atoms with Crippen LogP contribution in [0.5, 0.6) is 11.5 Å². The largest absolute Gasteiger partial charge is 0.490 e. The summed E-state index contributed by atoms with van der Waals surface area (Å²) in [5.74, 6) is -0.858. The Bertz CT molecular complexity index is 562. The van der Waals surface area contributed by atoms with Crippen LogP contribution in [-0.2, 0) is 4.79 Å². The molecule has 23 heavy (non-hydrogen) atoms. The summed E-state index contributed by atoms with van der Waals surface area (Å²) in [6.45, 7) is 6.31. The molecule has 0 aliphatic carbocycles. The predicted octanol–water partition coefficient (Wildman–Crippen LogP) is 3.12. The second kappa shape index (κ2) is 9.25. The lowest BCUT2D eigenvalue weighted by molar-refractivity contribution is -0.139. The summed E-state index contributed by atoms with van der Waals surface area (Å²) in [6, 6.07) is 2.00. The van der Waals surface area contributed by atoms with E-state index in [1.807, 2.05) is 13.8 Å². The molecule has 1 aromatic carbocycles. The highest BCUT2D eigenvalue weighted by Crippen LogP contribution is 2.36. The van der Waals surface area contributed by atoms with E-state index in [0.717, 1.165) is 6.42 Å². The molecular weight excluding hydrogens is 322 g/mol. The van der Waals surface area contributed by atoms with Gasteiger partial charge in [0.15, 0.2) is 11.5 Å². The van der Waals surface area contributed by atoms with Crippen LogP contribution >= 0.6 is 11.6 Å². The summed E-state index contributed by atoms with van der Waals surface area (Å²) in [5.41, 5.74) is 0.224. The van der Waals surface area contributed by atoms with E-state index in [0.29, 0.717) is 24.7 Å². The molecule has 1 atom stereocenters. The number of carboxylic acids is 1. The van der Waals surface area contributed by atoms with Crippen LogP contribution in [0.4, 0.5) is 0 Å². The topological polar surface area (TPSA) is 84.9 Å². The molecule has 0 bridgehead atoms. The zero-order chi connectivity index (χ0) is 17.4. The number of benzene rings is 1. The molecular formula is C16H22ClNO5. The second-order valence-corrected chi connectivity index (χ2v) is 5.25. The van der Waals surface area contributed by atoms with Gasteiger partial charge in [-0.3, -0.25) is 4.79 Å². The number of carbonyl (C=O) groups is 2. The third kappa shape index (κ3) is 5.32. The third-order valence-electron chi connectivity index (χ3n) is 3.03. The van der Waals surface area contributed by atoms with Gasteiger partial charge in [0, 0.05) is 5.56 Å². The molecule has 0 saturated heterocycles. The molecule has 6 nitrogen and oxygen atoms in total. The minimum atomic E-state index is -1.08. The van der Waals surface area contributed by atoms with Gasteiger partial charge in [-0.05, 0) is 31.9 Å². The maximum Gasteiger partial charge on any atom is 0.326 e. The smallest absolute Gasteiger partial charge is 0.326 e. The van der Waals surface area contributed by atoms with Crippen LogP contribution in [-0.4, -0.2) is 36.2 Å². The number of hydrogen-bond donors (Lipinski definition) is 2. The van der Waals surface area contributed by atoms with Crippen molar-refractivity contribution in [3.05, 3.63) is 22.7 Å². The Balaban J connectivity index is 3.07. The maximum absolute atomic E-state index is 12.2. The normalized spacial score (nSPS) is 11.7. The first-order valence-electron chi connectivity index (χ1n) is 7.57. The van der Waals surface area contributed by atoms with E-state index in [-0.39, 0.29) is 17.0 Å². The first kappa shape index (κ1) is 19.1.